The Morgan fingerprint density at radius 2 is 1.19 bits per heavy atom. The first-order valence-electron chi connectivity index (χ1n) is 19.1. The lowest BCUT2D eigenvalue weighted by molar-refractivity contribution is 0.878. The minimum atomic E-state index is -0.373. The number of thiophene rings is 2. The highest BCUT2D eigenvalue weighted by molar-refractivity contribution is 7.26. The van der Waals surface area contributed by atoms with Crippen molar-refractivity contribution in [3.05, 3.63) is 204 Å². The van der Waals surface area contributed by atoms with Crippen LogP contribution in [0.1, 0.15) is 22.9 Å². The number of nitrogens with zero attached hydrogens (tertiary/aromatic N) is 4. The maximum atomic E-state index is 5.08. The fraction of sp³-hybridized carbons (Fsp3) is 0.0196. The second-order valence-electron chi connectivity index (χ2n) is 14.5. The van der Waals surface area contributed by atoms with E-state index < -0.39 is 0 Å². The van der Waals surface area contributed by atoms with Gasteiger partial charge in [-0.2, -0.15) is 0 Å². The highest BCUT2D eigenvalue weighted by Gasteiger charge is 2.20. The van der Waals surface area contributed by atoms with Crippen molar-refractivity contribution >= 4 is 96.5 Å². The van der Waals surface area contributed by atoms with Gasteiger partial charge in [-0.15, -0.1) is 22.7 Å². The normalized spacial score (nSPS) is 14.5. The van der Waals surface area contributed by atoms with Crippen LogP contribution >= 0.6 is 22.7 Å². The molecule has 0 fully saturated rings. The highest BCUT2D eigenvalue weighted by Crippen LogP contribution is 2.46. The molecule has 0 bridgehead atoms. The van der Waals surface area contributed by atoms with E-state index in [-0.39, 0.29) is 6.17 Å². The molecule has 0 spiro atoms. The molecule has 57 heavy (non-hydrogen) atoms. The average molecular weight is 764 g/mol. The summed E-state index contributed by atoms with van der Waals surface area (Å²) in [4.78, 5) is 10.1. The summed E-state index contributed by atoms with van der Waals surface area (Å²) in [7, 11) is 0. The zero-order valence-corrected chi connectivity index (χ0v) is 32.1. The number of aliphatic imine (C=N–C) groups is 2. The Balaban J connectivity index is 1.03. The van der Waals surface area contributed by atoms with Crippen LogP contribution in [0.3, 0.4) is 0 Å². The summed E-state index contributed by atoms with van der Waals surface area (Å²) in [5.74, 6) is 1.37. The maximum absolute atomic E-state index is 5.08. The third kappa shape index (κ3) is 5.18. The maximum Gasteiger partial charge on any atom is 0.0822 e. The molecule has 0 saturated carbocycles. The van der Waals surface area contributed by atoms with Crippen LogP contribution in [0.15, 0.2) is 192 Å². The zero-order valence-electron chi connectivity index (χ0n) is 30.5. The molecule has 1 aliphatic rings. The number of hydrogen-bond acceptors (Lipinski definition) is 4. The van der Waals surface area contributed by atoms with E-state index in [1.54, 1.807) is 0 Å². The summed E-state index contributed by atoms with van der Waals surface area (Å²) in [6, 6.07) is 65.1. The summed E-state index contributed by atoms with van der Waals surface area (Å²) in [5.41, 5.74) is 9.00. The van der Waals surface area contributed by atoms with Crippen LogP contribution in [0.2, 0.25) is 0 Å². The molecule has 1 atom stereocenters. The van der Waals surface area contributed by atoms with Crippen molar-refractivity contribution in [3.63, 3.8) is 0 Å². The molecule has 3 aromatic heterocycles. The molecule has 1 unspecified atom stereocenters. The van der Waals surface area contributed by atoms with Gasteiger partial charge in [-0.1, -0.05) is 145 Å². The Morgan fingerprint density at radius 3 is 2.05 bits per heavy atom. The summed E-state index contributed by atoms with van der Waals surface area (Å²) >= 11 is 3.75. The van der Waals surface area contributed by atoms with Crippen molar-refractivity contribution < 1.29 is 0 Å². The van der Waals surface area contributed by atoms with E-state index >= 15 is 0 Å². The Morgan fingerprint density at radius 1 is 0.491 bits per heavy atom. The predicted molar refractivity (Wildman–Crippen MR) is 244 cm³/mol. The molecule has 8 aromatic carbocycles. The Kier molecular flexibility index (Phi) is 7.30. The lowest BCUT2D eigenvalue weighted by atomic mass is 10.00. The van der Waals surface area contributed by atoms with Gasteiger partial charge in [-0.3, -0.25) is 4.99 Å². The first-order chi connectivity index (χ1) is 28.2. The van der Waals surface area contributed by atoms with Gasteiger partial charge in [0.25, 0.3) is 0 Å². The minimum absolute atomic E-state index is 0.373. The van der Waals surface area contributed by atoms with E-state index in [0.717, 1.165) is 22.4 Å². The summed E-state index contributed by atoms with van der Waals surface area (Å²) < 4.78 is 7.68. The lowest BCUT2D eigenvalue weighted by Crippen LogP contribution is -2.15. The number of hydrogen-bond donors (Lipinski definition) is 0. The van der Waals surface area contributed by atoms with E-state index in [1.807, 2.05) is 59.1 Å². The quantitative estimate of drug-likeness (QED) is 0.168. The molecule has 11 aromatic rings. The molecule has 1 aliphatic heterocycles. The predicted octanol–water partition coefficient (Wildman–Crippen LogP) is 14.5. The van der Waals surface area contributed by atoms with E-state index in [2.05, 4.69) is 150 Å². The fourth-order valence-corrected chi connectivity index (χ4v) is 10.9. The minimum Gasteiger partial charge on any atom is -0.438 e. The number of benzene rings is 8. The summed E-state index contributed by atoms with van der Waals surface area (Å²) in [6.45, 7) is 0. The smallest absolute Gasteiger partial charge is 0.0822 e. The second-order valence-corrected chi connectivity index (χ2v) is 16.6. The molecular weight excluding hydrogens is 733 g/mol. The van der Waals surface area contributed by atoms with Crippen LogP contribution in [-0.4, -0.2) is 16.2 Å². The molecule has 0 amide bonds. The molecule has 6 heteroatoms. The molecule has 0 radical (unpaired) electrons. The SMILES string of the molecule is c1ccc(C2=NC(c3ccc(-n4c5ccccc5c5ccc6sc7ccc(-c8cccc9c8sc8ccccc89)cc7c6c54)cc3)=NC(c3ccccc3)[N-]2)cc1. The van der Waals surface area contributed by atoms with Crippen LogP contribution in [0.5, 0.6) is 0 Å². The van der Waals surface area contributed by atoms with Crippen molar-refractivity contribution in [3.8, 4) is 16.8 Å². The summed E-state index contributed by atoms with van der Waals surface area (Å²) in [5, 5.41) is 12.7. The Hall–Kier alpha value is -6.86. The van der Waals surface area contributed by atoms with Crippen molar-refractivity contribution in [1.29, 1.82) is 0 Å². The molecule has 0 aliphatic carbocycles. The first-order valence-corrected chi connectivity index (χ1v) is 20.8. The van der Waals surface area contributed by atoms with Crippen molar-refractivity contribution in [1.82, 2.24) is 4.57 Å². The largest absolute Gasteiger partial charge is 0.438 e. The Bertz CT molecular complexity index is 3430. The van der Waals surface area contributed by atoms with Gasteiger partial charge in [0.1, 0.15) is 0 Å². The van der Waals surface area contributed by atoms with Gasteiger partial charge in [0.15, 0.2) is 0 Å². The lowest BCUT2D eigenvalue weighted by Gasteiger charge is -2.32. The first kappa shape index (κ1) is 32.4. The van der Waals surface area contributed by atoms with E-state index in [1.165, 1.54) is 73.3 Å². The van der Waals surface area contributed by atoms with Gasteiger partial charge < -0.3 is 14.9 Å². The third-order valence-electron chi connectivity index (χ3n) is 11.2. The molecular formula is C51H31N4S2-. The van der Waals surface area contributed by atoms with Gasteiger partial charge in [0.2, 0.25) is 0 Å². The van der Waals surface area contributed by atoms with Crippen LogP contribution in [0.4, 0.5) is 0 Å². The van der Waals surface area contributed by atoms with E-state index in [9.17, 15) is 0 Å². The van der Waals surface area contributed by atoms with Crippen LogP contribution in [0.25, 0.3) is 84.3 Å². The summed E-state index contributed by atoms with van der Waals surface area (Å²) in [6.07, 6.45) is -0.373. The highest BCUT2D eigenvalue weighted by atomic mass is 32.1. The van der Waals surface area contributed by atoms with E-state index in [4.69, 9.17) is 15.3 Å². The number of para-hydroxylation sites is 1. The molecule has 4 nitrogen and oxygen atoms in total. The van der Waals surface area contributed by atoms with Gasteiger partial charge in [0.05, 0.1) is 23.0 Å². The second kappa shape index (κ2) is 12.8. The topological polar surface area (TPSA) is 43.8 Å². The van der Waals surface area contributed by atoms with Crippen LogP contribution in [0, 0.1) is 0 Å². The van der Waals surface area contributed by atoms with Gasteiger partial charge in [-0.05, 0) is 70.3 Å². The van der Waals surface area contributed by atoms with Crippen LogP contribution < -0.4 is 0 Å². The Labute approximate surface area is 336 Å². The van der Waals surface area contributed by atoms with E-state index in [0.29, 0.717) is 11.7 Å². The third-order valence-corrected chi connectivity index (χ3v) is 13.6. The van der Waals surface area contributed by atoms with Gasteiger partial charge in [0, 0.05) is 56.8 Å². The van der Waals surface area contributed by atoms with Gasteiger partial charge >= 0.3 is 0 Å². The van der Waals surface area contributed by atoms with Crippen molar-refractivity contribution in [2.24, 2.45) is 9.98 Å². The molecule has 4 heterocycles. The fourth-order valence-electron chi connectivity index (χ4n) is 8.55. The van der Waals surface area contributed by atoms with Gasteiger partial charge in [-0.25, -0.2) is 0 Å². The standard InChI is InChI=1S/C51H31N4S2/c1-3-12-31(13-4-1)49-52-50(32-14-5-2-6-15-32)54-51(53-49)33-22-25-35(26-23-33)55-42-20-9-7-16-37(42)39-27-29-45-46(47(39)55)41-30-34(24-28-44(41)56-45)36-18-11-19-40-38-17-8-10-21-43(38)57-48(36)40/h1-30,49H/q-1. The number of rotatable bonds is 5. The number of amidine groups is 2. The monoisotopic (exact) mass is 763 g/mol. The average Bonchev–Trinajstić information content (AvgIpc) is 3.96. The number of aromatic nitrogens is 1. The zero-order chi connectivity index (χ0) is 37.5. The van der Waals surface area contributed by atoms with Crippen molar-refractivity contribution in [2.45, 2.75) is 6.17 Å². The number of fused-ring (bicyclic) bond motifs is 10. The van der Waals surface area contributed by atoms with Crippen molar-refractivity contribution in [2.75, 3.05) is 0 Å². The molecule has 12 rings (SSSR count). The van der Waals surface area contributed by atoms with Crippen LogP contribution in [-0.2, 0) is 0 Å². The molecule has 0 saturated heterocycles. The molecule has 268 valence electrons. The molecule has 0 N–H and O–H groups in total.